The number of rotatable bonds is 8. The topological polar surface area (TPSA) is 87.5 Å². The molecule has 0 amide bonds. The lowest BCUT2D eigenvalue weighted by Gasteiger charge is -2.08. The highest BCUT2D eigenvalue weighted by molar-refractivity contribution is 7.92. The molecule has 1 heterocycles. The molecule has 0 aliphatic heterocycles. The average Bonchev–Trinajstić information content (AvgIpc) is 2.94. The second-order valence-corrected chi connectivity index (χ2v) is 7.58. The van der Waals surface area contributed by atoms with E-state index in [2.05, 4.69) is 9.72 Å². The van der Waals surface area contributed by atoms with Gasteiger partial charge in [0, 0.05) is 6.54 Å². The first-order valence-corrected chi connectivity index (χ1v) is 9.38. The Bertz CT molecular complexity index is 928. The summed E-state index contributed by atoms with van der Waals surface area (Å²) in [5.41, 5.74) is -0.352. The van der Waals surface area contributed by atoms with Crippen molar-refractivity contribution in [3.8, 4) is 5.75 Å². The number of aromatic nitrogens is 2. The summed E-state index contributed by atoms with van der Waals surface area (Å²) in [5, 5.41) is -0.272. The number of ketones is 1. The van der Waals surface area contributed by atoms with E-state index in [1.54, 1.807) is 6.07 Å². The van der Waals surface area contributed by atoms with Crippen molar-refractivity contribution in [1.82, 2.24) is 9.55 Å². The Balaban J connectivity index is 2.11. The van der Waals surface area contributed by atoms with Crippen molar-refractivity contribution in [3.63, 3.8) is 0 Å². The molecule has 27 heavy (non-hydrogen) atoms. The lowest BCUT2D eigenvalue weighted by molar-refractivity contribution is -0.325. The number of carbonyl (C=O) groups is 1. The van der Waals surface area contributed by atoms with Crippen molar-refractivity contribution in [3.05, 3.63) is 41.4 Å². The normalized spacial score (nSPS) is 12.2. The number of imidazole rings is 1. The summed E-state index contributed by atoms with van der Waals surface area (Å²) in [6.45, 7) is -1.06. The highest BCUT2D eigenvalue weighted by Crippen LogP contribution is 2.22. The monoisotopic (exact) mass is 426 g/mol. The fourth-order valence-electron chi connectivity index (χ4n) is 2.09. The van der Waals surface area contributed by atoms with Crippen molar-refractivity contribution in [2.75, 3.05) is 19.5 Å². The van der Waals surface area contributed by atoms with Gasteiger partial charge < -0.3 is 9.30 Å². The first-order valence-electron chi connectivity index (χ1n) is 7.35. The third-order valence-corrected chi connectivity index (χ3v) is 5.37. The molecule has 0 spiro atoms. The van der Waals surface area contributed by atoms with Gasteiger partial charge in [0.2, 0.25) is 0 Å². The van der Waals surface area contributed by atoms with Crippen molar-refractivity contribution >= 4 is 27.2 Å². The van der Waals surface area contributed by atoms with E-state index in [1.165, 1.54) is 25.3 Å². The maximum Gasteiger partial charge on any atom is 0.522 e. The molecule has 0 N–H and O–H groups in total. The van der Waals surface area contributed by atoms with Gasteiger partial charge in [0.15, 0.2) is 15.6 Å². The molecular weight excluding hydrogens is 413 g/mol. The van der Waals surface area contributed by atoms with Crippen LogP contribution in [0.2, 0.25) is 5.15 Å². The summed E-state index contributed by atoms with van der Waals surface area (Å²) < 4.78 is 70.3. The zero-order valence-electron chi connectivity index (χ0n) is 13.9. The molecule has 148 valence electrons. The number of Topliss-reactive ketones (excluding diaryl/α,β-unsaturated/α-hetero) is 1. The molecule has 0 aliphatic rings. The smallest absolute Gasteiger partial charge is 0.497 e. The highest BCUT2D eigenvalue weighted by atomic mass is 35.5. The van der Waals surface area contributed by atoms with Gasteiger partial charge in [0.05, 0.1) is 24.9 Å². The van der Waals surface area contributed by atoms with Gasteiger partial charge in [-0.1, -0.05) is 17.7 Å². The molecule has 0 bridgehead atoms. The lowest BCUT2D eigenvalue weighted by Crippen LogP contribution is -2.18. The van der Waals surface area contributed by atoms with Gasteiger partial charge in [-0.2, -0.15) is 0 Å². The Morgan fingerprint density at radius 1 is 1.33 bits per heavy atom. The molecule has 0 radical (unpaired) electrons. The number of benzene rings is 1. The van der Waals surface area contributed by atoms with E-state index in [4.69, 9.17) is 16.3 Å². The summed E-state index contributed by atoms with van der Waals surface area (Å²) in [6, 6.07) is 5.57. The minimum atomic E-state index is -4.80. The summed E-state index contributed by atoms with van der Waals surface area (Å²) in [5.74, 6) is -1.50. The summed E-state index contributed by atoms with van der Waals surface area (Å²) in [6.07, 6.45) is -3.76. The van der Waals surface area contributed by atoms with Crippen LogP contribution in [0.25, 0.3) is 0 Å². The maximum atomic E-state index is 12.4. The largest absolute Gasteiger partial charge is 0.522 e. The standard InChI is InChI=1S/C15H14ClF3N2O5S/c1-25-10-3-2-4-11(7-10)27(23,24)8-12(22)13-14(16)21(9-20-13)5-6-26-15(17,18)19/h2-4,7,9H,5-6,8H2,1H3. The summed E-state index contributed by atoms with van der Waals surface area (Å²) in [4.78, 5) is 15.9. The highest BCUT2D eigenvalue weighted by Gasteiger charge is 2.29. The van der Waals surface area contributed by atoms with Crippen molar-refractivity contribution in [2.24, 2.45) is 0 Å². The van der Waals surface area contributed by atoms with Crippen LogP contribution in [0.15, 0.2) is 35.5 Å². The Kier molecular flexibility index (Phi) is 6.50. The molecule has 2 aromatic rings. The van der Waals surface area contributed by atoms with Gasteiger partial charge in [0.25, 0.3) is 0 Å². The predicted octanol–water partition coefficient (Wildman–Crippen LogP) is 2.74. The second-order valence-electron chi connectivity index (χ2n) is 5.23. The number of alkyl halides is 3. The van der Waals surface area contributed by atoms with Crippen LogP contribution in [0.1, 0.15) is 10.5 Å². The van der Waals surface area contributed by atoms with Crippen LogP contribution in [-0.2, 0) is 21.1 Å². The van der Waals surface area contributed by atoms with Gasteiger partial charge in [-0.25, -0.2) is 13.4 Å². The Hall–Kier alpha value is -2.11. The molecule has 1 aromatic carbocycles. The average molecular weight is 427 g/mol. The molecular formula is C15H14ClF3N2O5S. The summed E-state index contributed by atoms with van der Waals surface area (Å²) >= 11 is 5.92. The van der Waals surface area contributed by atoms with E-state index in [1.807, 2.05) is 0 Å². The number of hydrogen-bond donors (Lipinski definition) is 0. The fourth-order valence-corrected chi connectivity index (χ4v) is 3.60. The molecule has 7 nitrogen and oxygen atoms in total. The van der Waals surface area contributed by atoms with Crippen LogP contribution in [0.4, 0.5) is 13.2 Å². The van der Waals surface area contributed by atoms with E-state index in [9.17, 15) is 26.4 Å². The number of sulfone groups is 1. The minimum Gasteiger partial charge on any atom is -0.497 e. The quantitative estimate of drug-likeness (QED) is 0.603. The van der Waals surface area contributed by atoms with Crippen LogP contribution < -0.4 is 4.74 Å². The molecule has 0 atom stereocenters. The van der Waals surface area contributed by atoms with Gasteiger partial charge in [0.1, 0.15) is 22.3 Å². The second kappa shape index (κ2) is 8.28. The van der Waals surface area contributed by atoms with E-state index >= 15 is 0 Å². The Labute approximate surface area is 157 Å². The maximum absolute atomic E-state index is 12.4. The molecule has 2 rings (SSSR count). The van der Waals surface area contributed by atoms with Crippen LogP contribution in [0.3, 0.4) is 0 Å². The van der Waals surface area contributed by atoms with Gasteiger partial charge in [-0.05, 0) is 18.2 Å². The number of carbonyl (C=O) groups excluding carboxylic acids is 1. The molecule has 0 fully saturated rings. The molecule has 0 saturated heterocycles. The van der Waals surface area contributed by atoms with Crippen LogP contribution in [-0.4, -0.2) is 49.6 Å². The van der Waals surface area contributed by atoms with E-state index in [-0.39, 0.29) is 22.3 Å². The van der Waals surface area contributed by atoms with Crippen molar-refractivity contribution < 1.29 is 35.9 Å². The number of methoxy groups -OCH3 is 1. The van der Waals surface area contributed by atoms with E-state index in [0.717, 1.165) is 10.9 Å². The Morgan fingerprint density at radius 2 is 2.04 bits per heavy atom. The number of ether oxygens (including phenoxy) is 2. The lowest BCUT2D eigenvalue weighted by atomic mass is 10.3. The van der Waals surface area contributed by atoms with Crippen LogP contribution in [0.5, 0.6) is 5.75 Å². The third-order valence-electron chi connectivity index (χ3n) is 3.36. The van der Waals surface area contributed by atoms with E-state index < -0.39 is 34.3 Å². The zero-order valence-corrected chi connectivity index (χ0v) is 15.4. The molecule has 0 aliphatic carbocycles. The van der Waals surface area contributed by atoms with Crippen LogP contribution in [0, 0.1) is 0 Å². The van der Waals surface area contributed by atoms with Crippen molar-refractivity contribution in [2.45, 2.75) is 17.8 Å². The molecule has 12 heteroatoms. The fraction of sp³-hybridized carbons (Fsp3) is 0.333. The molecule has 0 saturated carbocycles. The van der Waals surface area contributed by atoms with E-state index in [0.29, 0.717) is 5.75 Å². The first kappa shape index (κ1) is 21.2. The Morgan fingerprint density at radius 3 is 2.67 bits per heavy atom. The third kappa shape index (κ3) is 5.68. The minimum absolute atomic E-state index is 0.121. The van der Waals surface area contributed by atoms with Gasteiger partial charge in [-0.3, -0.25) is 9.53 Å². The van der Waals surface area contributed by atoms with Crippen LogP contribution >= 0.6 is 11.6 Å². The van der Waals surface area contributed by atoms with Gasteiger partial charge in [-0.15, -0.1) is 13.2 Å². The number of halogens is 4. The number of nitrogens with zero attached hydrogens (tertiary/aromatic N) is 2. The first-order chi connectivity index (χ1) is 12.5. The molecule has 1 aromatic heterocycles. The predicted molar refractivity (Wildman–Crippen MR) is 88.6 cm³/mol. The summed E-state index contributed by atoms with van der Waals surface area (Å²) in [7, 11) is -2.63. The SMILES string of the molecule is COc1cccc(S(=O)(=O)CC(=O)c2ncn(CCOC(F)(F)F)c2Cl)c1. The molecule has 0 unspecified atom stereocenters. The zero-order chi connectivity index (χ0) is 20.2. The van der Waals surface area contributed by atoms with Gasteiger partial charge >= 0.3 is 6.36 Å². The van der Waals surface area contributed by atoms with Crippen molar-refractivity contribution in [1.29, 1.82) is 0 Å². The number of hydrogen-bond acceptors (Lipinski definition) is 6.